The number of esters is 3. The predicted octanol–water partition coefficient (Wildman–Crippen LogP) is 1.81. The monoisotopic (exact) mass is 332 g/mol. The van der Waals surface area contributed by atoms with Crippen molar-refractivity contribution in [2.24, 2.45) is 0 Å². The van der Waals surface area contributed by atoms with Crippen molar-refractivity contribution in [2.45, 2.75) is 26.7 Å². The van der Waals surface area contributed by atoms with Gasteiger partial charge >= 0.3 is 17.9 Å². The van der Waals surface area contributed by atoms with Gasteiger partial charge in [-0.2, -0.15) is 0 Å². The van der Waals surface area contributed by atoms with E-state index in [0.29, 0.717) is 11.1 Å². The van der Waals surface area contributed by atoms with Crippen LogP contribution in [0.2, 0.25) is 0 Å². The van der Waals surface area contributed by atoms with Gasteiger partial charge in [-0.15, -0.1) is 0 Å². The molecule has 0 radical (unpaired) electrons. The molecular weight excluding hydrogens is 312 g/mol. The summed E-state index contributed by atoms with van der Waals surface area (Å²) in [5.74, 6) is 2.45. The Morgan fingerprint density at radius 2 is 1.58 bits per heavy atom. The third-order valence-electron chi connectivity index (χ3n) is 2.89. The first kappa shape index (κ1) is 19.2. The minimum Gasteiger partial charge on any atom is -0.465 e. The second-order valence-corrected chi connectivity index (χ2v) is 4.61. The normalized spacial score (nSPS) is 9.67. The molecule has 0 saturated carbocycles. The van der Waals surface area contributed by atoms with E-state index in [1.54, 1.807) is 38.1 Å². The van der Waals surface area contributed by atoms with E-state index in [4.69, 9.17) is 14.2 Å². The molecule has 6 nitrogen and oxygen atoms in total. The first-order valence-electron chi connectivity index (χ1n) is 7.55. The summed E-state index contributed by atoms with van der Waals surface area (Å²) >= 11 is 0. The molecule has 0 aliphatic heterocycles. The van der Waals surface area contributed by atoms with E-state index in [1.807, 2.05) is 0 Å². The number of carbonyl (C=O) groups excluding carboxylic acids is 3. The highest BCUT2D eigenvalue weighted by atomic mass is 16.6. The molecule has 0 aliphatic carbocycles. The lowest BCUT2D eigenvalue weighted by Gasteiger charge is -2.16. The lowest BCUT2D eigenvalue weighted by atomic mass is 9.94. The molecular formula is C18H20O6. The highest BCUT2D eigenvalue weighted by Gasteiger charge is 2.32. The van der Waals surface area contributed by atoms with Crippen molar-refractivity contribution in [1.29, 1.82) is 0 Å². The summed E-state index contributed by atoms with van der Waals surface area (Å²) in [5.41, 5.74) is 0.862. The zero-order valence-corrected chi connectivity index (χ0v) is 14.0. The third-order valence-corrected chi connectivity index (χ3v) is 2.89. The van der Waals surface area contributed by atoms with E-state index in [1.165, 1.54) is 6.92 Å². The van der Waals surface area contributed by atoms with Crippen LogP contribution < -0.4 is 0 Å². The van der Waals surface area contributed by atoms with E-state index in [9.17, 15) is 14.4 Å². The van der Waals surface area contributed by atoms with Crippen molar-refractivity contribution in [1.82, 2.24) is 0 Å². The molecule has 0 aliphatic rings. The van der Waals surface area contributed by atoms with E-state index in [0.717, 1.165) is 0 Å². The second-order valence-electron chi connectivity index (χ2n) is 4.61. The van der Waals surface area contributed by atoms with Gasteiger partial charge in [0, 0.05) is 12.5 Å². The number of carbonyl (C=O) groups is 3. The Morgan fingerprint density at radius 1 is 1.00 bits per heavy atom. The van der Waals surface area contributed by atoms with Gasteiger partial charge in [0.25, 0.3) is 0 Å². The maximum Gasteiger partial charge on any atom is 0.324 e. The van der Waals surface area contributed by atoms with Crippen LogP contribution in [-0.2, 0) is 28.6 Å². The maximum atomic E-state index is 12.2. The van der Waals surface area contributed by atoms with Gasteiger partial charge in [0.05, 0.1) is 13.2 Å². The Morgan fingerprint density at radius 3 is 2.12 bits per heavy atom. The van der Waals surface area contributed by atoms with E-state index >= 15 is 0 Å². The van der Waals surface area contributed by atoms with Crippen LogP contribution in [0, 0.1) is 11.8 Å². The van der Waals surface area contributed by atoms with Gasteiger partial charge in [-0.1, -0.05) is 30.0 Å². The van der Waals surface area contributed by atoms with Crippen LogP contribution in [0.4, 0.5) is 0 Å². The molecule has 0 unspecified atom stereocenters. The van der Waals surface area contributed by atoms with E-state index in [2.05, 4.69) is 11.8 Å². The molecule has 128 valence electrons. The van der Waals surface area contributed by atoms with Gasteiger partial charge in [0.2, 0.25) is 0 Å². The molecule has 0 heterocycles. The topological polar surface area (TPSA) is 78.9 Å². The molecule has 0 atom stereocenters. The summed E-state index contributed by atoms with van der Waals surface area (Å²) in [6.45, 7) is 4.82. The summed E-state index contributed by atoms with van der Waals surface area (Å²) in [6.07, 6.45) is 0. The summed E-state index contributed by atoms with van der Waals surface area (Å²) < 4.78 is 14.7. The number of rotatable bonds is 6. The van der Waals surface area contributed by atoms with Crippen LogP contribution in [-0.4, -0.2) is 37.7 Å². The molecule has 0 fully saturated rings. The zero-order chi connectivity index (χ0) is 17.9. The minimum absolute atomic E-state index is 0.0762. The van der Waals surface area contributed by atoms with Crippen LogP contribution in [0.5, 0.6) is 0 Å². The Hall–Kier alpha value is -2.81. The third kappa shape index (κ3) is 5.76. The molecule has 0 N–H and O–H groups in total. The first-order chi connectivity index (χ1) is 11.5. The molecule has 0 spiro atoms. The fraction of sp³-hybridized carbons (Fsp3) is 0.389. The SMILES string of the molecule is CCOC(=O)C(C(=O)OCC)c1ccccc1C#CCOC(C)=O. The molecule has 24 heavy (non-hydrogen) atoms. The Kier molecular flexibility index (Phi) is 8.06. The molecule has 1 rings (SSSR count). The highest BCUT2D eigenvalue weighted by molar-refractivity contribution is 6.01. The van der Waals surface area contributed by atoms with Crippen molar-refractivity contribution < 1.29 is 28.6 Å². The number of ether oxygens (including phenoxy) is 3. The number of hydrogen-bond acceptors (Lipinski definition) is 6. The zero-order valence-electron chi connectivity index (χ0n) is 14.0. The van der Waals surface area contributed by atoms with Gasteiger partial charge in [-0.25, -0.2) is 0 Å². The van der Waals surface area contributed by atoms with Gasteiger partial charge in [-0.05, 0) is 25.5 Å². The molecule has 0 saturated heterocycles. The van der Waals surface area contributed by atoms with Gasteiger partial charge in [-0.3, -0.25) is 14.4 Å². The standard InChI is InChI=1S/C18H20O6/c1-4-22-17(20)16(18(21)23-5-2)15-11-7-6-9-14(15)10-8-12-24-13(3)19/h6-7,9,11,16H,4-5,12H2,1-3H3. The first-order valence-corrected chi connectivity index (χ1v) is 7.55. The summed E-state index contributed by atoms with van der Waals surface area (Å²) in [6, 6.07) is 6.71. The largest absolute Gasteiger partial charge is 0.465 e. The maximum absolute atomic E-state index is 12.2. The summed E-state index contributed by atoms with van der Waals surface area (Å²) in [5, 5.41) is 0. The predicted molar refractivity (Wildman–Crippen MR) is 86.0 cm³/mol. The fourth-order valence-corrected chi connectivity index (χ4v) is 1.93. The molecule has 0 bridgehead atoms. The fourth-order valence-electron chi connectivity index (χ4n) is 1.93. The van der Waals surface area contributed by atoms with Crippen molar-refractivity contribution >= 4 is 17.9 Å². The van der Waals surface area contributed by atoms with Crippen LogP contribution in [0.1, 0.15) is 37.8 Å². The average Bonchev–Trinajstić information content (AvgIpc) is 2.53. The highest BCUT2D eigenvalue weighted by Crippen LogP contribution is 2.23. The lowest BCUT2D eigenvalue weighted by molar-refractivity contribution is -0.157. The molecule has 1 aromatic rings. The van der Waals surface area contributed by atoms with Crippen LogP contribution >= 0.6 is 0 Å². The molecule has 6 heteroatoms. The Labute approximate surface area is 141 Å². The molecule has 0 aromatic heterocycles. The van der Waals surface area contributed by atoms with Gasteiger partial charge in [0.1, 0.15) is 0 Å². The number of hydrogen-bond donors (Lipinski definition) is 0. The molecule has 1 aromatic carbocycles. The van der Waals surface area contributed by atoms with Crippen LogP contribution in [0.15, 0.2) is 24.3 Å². The summed E-state index contributed by atoms with van der Waals surface area (Å²) in [4.78, 5) is 35.1. The summed E-state index contributed by atoms with van der Waals surface area (Å²) in [7, 11) is 0. The van der Waals surface area contributed by atoms with Crippen LogP contribution in [0.25, 0.3) is 0 Å². The minimum atomic E-state index is -1.20. The quantitative estimate of drug-likeness (QED) is 0.342. The van der Waals surface area contributed by atoms with E-state index in [-0.39, 0.29) is 19.8 Å². The second kappa shape index (κ2) is 10.1. The Bertz CT molecular complexity index is 635. The smallest absolute Gasteiger partial charge is 0.324 e. The van der Waals surface area contributed by atoms with E-state index < -0.39 is 23.8 Å². The van der Waals surface area contributed by atoms with Gasteiger partial charge in [0.15, 0.2) is 12.5 Å². The van der Waals surface area contributed by atoms with Crippen molar-refractivity contribution in [2.75, 3.05) is 19.8 Å². The lowest BCUT2D eigenvalue weighted by Crippen LogP contribution is -2.27. The molecule has 0 amide bonds. The van der Waals surface area contributed by atoms with Crippen molar-refractivity contribution in [3.05, 3.63) is 35.4 Å². The van der Waals surface area contributed by atoms with Crippen molar-refractivity contribution in [3.8, 4) is 11.8 Å². The van der Waals surface area contributed by atoms with Gasteiger partial charge < -0.3 is 14.2 Å². The van der Waals surface area contributed by atoms with Crippen molar-refractivity contribution in [3.63, 3.8) is 0 Å². The van der Waals surface area contributed by atoms with Crippen LogP contribution in [0.3, 0.4) is 0 Å². The average molecular weight is 332 g/mol. The Balaban J connectivity index is 3.15. The number of benzene rings is 1.